The number of piperidine rings is 1. The van der Waals surface area contributed by atoms with Crippen LogP contribution in [0.25, 0.3) is 0 Å². The minimum atomic E-state index is -0.151. The van der Waals surface area contributed by atoms with Gasteiger partial charge in [-0.3, -0.25) is 5.10 Å². The van der Waals surface area contributed by atoms with E-state index in [1.165, 1.54) is 0 Å². The molecule has 94 valence electrons. The lowest BCUT2D eigenvalue weighted by Gasteiger charge is -2.30. The van der Waals surface area contributed by atoms with E-state index in [0.717, 1.165) is 50.5 Å². The molecule has 4 N–H and O–H groups in total. The van der Waals surface area contributed by atoms with Crippen molar-refractivity contribution in [2.45, 2.75) is 43.7 Å². The molecule has 0 amide bonds. The topological polar surface area (TPSA) is 91.1 Å². The number of anilines is 1. The van der Waals surface area contributed by atoms with Gasteiger partial charge in [0.2, 0.25) is 5.95 Å². The molecule has 6 heteroatoms. The van der Waals surface area contributed by atoms with Crippen LogP contribution in [-0.4, -0.2) is 45.5 Å². The van der Waals surface area contributed by atoms with E-state index in [-0.39, 0.29) is 6.10 Å². The van der Waals surface area contributed by atoms with Crippen molar-refractivity contribution in [3.63, 3.8) is 0 Å². The first kappa shape index (κ1) is 11.0. The second kappa shape index (κ2) is 4.27. The molecular weight excluding hydrogens is 218 g/mol. The van der Waals surface area contributed by atoms with Gasteiger partial charge in [-0.2, -0.15) is 4.98 Å². The Labute approximate surface area is 100 Å². The standard InChI is InChI=1S/C11H19N5O/c12-8-1-3-16(4-2-8)11-13-10(14-15-11)7-5-9(17)6-7/h7-9,17H,1-6,12H2,(H,13,14,15). The normalized spacial score (nSPS) is 30.4. The molecule has 0 spiro atoms. The molecule has 1 saturated heterocycles. The minimum absolute atomic E-state index is 0.151. The molecule has 6 nitrogen and oxygen atoms in total. The Kier molecular flexibility index (Phi) is 2.76. The average Bonchev–Trinajstić information content (AvgIpc) is 2.75. The van der Waals surface area contributed by atoms with Crippen LogP contribution in [0.1, 0.15) is 37.4 Å². The van der Waals surface area contributed by atoms with E-state index in [1.807, 2.05) is 0 Å². The van der Waals surface area contributed by atoms with Crippen molar-refractivity contribution in [3.8, 4) is 0 Å². The highest BCUT2D eigenvalue weighted by molar-refractivity contribution is 5.30. The highest BCUT2D eigenvalue weighted by Crippen LogP contribution is 2.35. The zero-order valence-corrected chi connectivity index (χ0v) is 9.84. The molecule has 2 heterocycles. The molecule has 1 aliphatic carbocycles. The Morgan fingerprint density at radius 1 is 1.29 bits per heavy atom. The number of nitrogens with one attached hydrogen (secondary N) is 1. The van der Waals surface area contributed by atoms with Gasteiger partial charge in [0.25, 0.3) is 0 Å². The Bertz CT molecular complexity index is 379. The quantitative estimate of drug-likeness (QED) is 0.672. The van der Waals surface area contributed by atoms with Crippen LogP contribution in [0.2, 0.25) is 0 Å². The molecule has 2 fully saturated rings. The third-order valence-electron chi connectivity index (χ3n) is 3.81. The lowest BCUT2D eigenvalue weighted by Crippen LogP contribution is -2.40. The van der Waals surface area contributed by atoms with Crippen LogP contribution in [0.4, 0.5) is 5.95 Å². The smallest absolute Gasteiger partial charge is 0.244 e. The van der Waals surface area contributed by atoms with Crippen LogP contribution in [0.3, 0.4) is 0 Å². The zero-order chi connectivity index (χ0) is 11.8. The van der Waals surface area contributed by atoms with Gasteiger partial charge in [-0.1, -0.05) is 0 Å². The number of H-pyrrole nitrogens is 1. The van der Waals surface area contributed by atoms with Crippen LogP contribution >= 0.6 is 0 Å². The maximum absolute atomic E-state index is 9.28. The summed E-state index contributed by atoms with van der Waals surface area (Å²) in [6.07, 6.45) is 3.47. The van der Waals surface area contributed by atoms with E-state index in [2.05, 4.69) is 20.1 Å². The van der Waals surface area contributed by atoms with Gasteiger partial charge in [-0.15, -0.1) is 5.10 Å². The first-order chi connectivity index (χ1) is 8.22. The summed E-state index contributed by atoms with van der Waals surface area (Å²) in [5.74, 6) is 2.06. The number of hydrogen-bond acceptors (Lipinski definition) is 5. The third-order valence-corrected chi connectivity index (χ3v) is 3.81. The van der Waals surface area contributed by atoms with Crippen molar-refractivity contribution in [3.05, 3.63) is 5.82 Å². The number of aliphatic hydroxyl groups excluding tert-OH is 1. The summed E-state index contributed by atoms with van der Waals surface area (Å²) < 4.78 is 0. The van der Waals surface area contributed by atoms with Crippen molar-refractivity contribution in [1.29, 1.82) is 0 Å². The number of aromatic nitrogens is 3. The SMILES string of the molecule is NC1CCN(c2n[nH]c(C3CC(O)C3)n2)CC1. The minimum Gasteiger partial charge on any atom is -0.393 e. The molecule has 0 aromatic carbocycles. The van der Waals surface area contributed by atoms with E-state index in [1.54, 1.807) is 0 Å². The van der Waals surface area contributed by atoms with Gasteiger partial charge in [0, 0.05) is 25.0 Å². The first-order valence-corrected chi connectivity index (χ1v) is 6.33. The molecule has 1 aliphatic heterocycles. The summed E-state index contributed by atoms with van der Waals surface area (Å²) >= 11 is 0. The fourth-order valence-corrected chi connectivity index (χ4v) is 2.50. The second-order valence-electron chi connectivity index (χ2n) is 5.17. The molecule has 1 saturated carbocycles. The van der Waals surface area contributed by atoms with Gasteiger partial charge in [0.15, 0.2) is 0 Å². The number of rotatable bonds is 2. The number of aliphatic hydroxyl groups is 1. The second-order valence-corrected chi connectivity index (χ2v) is 5.17. The summed E-state index contributed by atoms with van der Waals surface area (Å²) in [6, 6.07) is 0.325. The van der Waals surface area contributed by atoms with Crippen LogP contribution in [-0.2, 0) is 0 Å². The van der Waals surface area contributed by atoms with E-state index in [9.17, 15) is 5.11 Å². The van der Waals surface area contributed by atoms with Crippen molar-refractivity contribution < 1.29 is 5.11 Å². The number of aromatic amines is 1. The van der Waals surface area contributed by atoms with Gasteiger partial charge in [-0.25, -0.2) is 0 Å². The van der Waals surface area contributed by atoms with Crippen LogP contribution in [0, 0.1) is 0 Å². The zero-order valence-electron chi connectivity index (χ0n) is 9.84. The van der Waals surface area contributed by atoms with E-state index < -0.39 is 0 Å². The van der Waals surface area contributed by atoms with Crippen molar-refractivity contribution in [1.82, 2.24) is 15.2 Å². The van der Waals surface area contributed by atoms with E-state index >= 15 is 0 Å². The molecule has 0 bridgehead atoms. The molecule has 1 aromatic rings. The van der Waals surface area contributed by atoms with Gasteiger partial charge >= 0.3 is 0 Å². The van der Waals surface area contributed by atoms with Crippen molar-refractivity contribution in [2.24, 2.45) is 5.73 Å². The van der Waals surface area contributed by atoms with E-state index in [0.29, 0.717) is 12.0 Å². The van der Waals surface area contributed by atoms with Crippen molar-refractivity contribution in [2.75, 3.05) is 18.0 Å². The molecule has 0 radical (unpaired) electrons. The Morgan fingerprint density at radius 2 is 2.00 bits per heavy atom. The Balaban J connectivity index is 1.64. The molecule has 0 unspecified atom stereocenters. The summed E-state index contributed by atoms with van der Waals surface area (Å²) in [7, 11) is 0. The molecule has 3 rings (SSSR count). The molecule has 1 aromatic heterocycles. The lowest BCUT2D eigenvalue weighted by atomic mass is 9.82. The van der Waals surface area contributed by atoms with Crippen LogP contribution < -0.4 is 10.6 Å². The monoisotopic (exact) mass is 237 g/mol. The summed E-state index contributed by atoms with van der Waals surface area (Å²) in [5, 5.41) is 16.5. The highest BCUT2D eigenvalue weighted by atomic mass is 16.3. The van der Waals surface area contributed by atoms with Crippen molar-refractivity contribution >= 4 is 5.95 Å². The first-order valence-electron chi connectivity index (χ1n) is 6.33. The fraction of sp³-hybridized carbons (Fsp3) is 0.818. The van der Waals surface area contributed by atoms with Crippen LogP contribution in [0.15, 0.2) is 0 Å². The largest absolute Gasteiger partial charge is 0.393 e. The Hall–Kier alpha value is -1.14. The number of nitrogens with zero attached hydrogens (tertiary/aromatic N) is 3. The summed E-state index contributed by atoms with van der Waals surface area (Å²) in [5.41, 5.74) is 5.87. The highest BCUT2D eigenvalue weighted by Gasteiger charge is 2.31. The maximum atomic E-state index is 9.28. The molecular formula is C11H19N5O. The third kappa shape index (κ3) is 2.14. The van der Waals surface area contributed by atoms with Gasteiger partial charge in [0.1, 0.15) is 5.82 Å². The summed E-state index contributed by atoms with van der Waals surface area (Å²) in [6.45, 7) is 1.87. The fourth-order valence-electron chi connectivity index (χ4n) is 2.50. The van der Waals surface area contributed by atoms with Gasteiger partial charge in [0.05, 0.1) is 6.10 Å². The predicted molar refractivity (Wildman–Crippen MR) is 63.8 cm³/mol. The molecule has 2 aliphatic rings. The molecule has 17 heavy (non-hydrogen) atoms. The molecule has 0 atom stereocenters. The average molecular weight is 237 g/mol. The summed E-state index contributed by atoms with van der Waals surface area (Å²) in [4.78, 5) is 6.70. The lowest BCUT2D eigenvalue weighted by molar-refractivity contribution is 0.0718. The van der Waals surface area contributed by atoms with Gasteiger partial charge in [-0.05, 0) is 25.7 Å². The predicted octanol–water partition coefficient (Wildman–Crippen LogP) is -0.0295. The van der Waals surface area contributed by atoms with E-state index in [4.69, 9.17) is 5.73 Å². The number of hydrogen-bond donors (Lipinski definition) is 3. The van der Waals surface area contributed by atoms with Crippen LogP contribution in [0.5, 0.6) is 0 Å². The number of nitrogens with two attached hydrogens (primary N) is 1. The Morgan fingerprint density at radius 3 is 2.65 bits per heavy atom. The maximum Gasteiger partial charge on any atom is 0.244 e. The van der Waals surface area contributed by atoms with Gasteiger partial charge < -0.3 is 15.7 Å².